The van der Waals surface area contributed by atoms with Crippen molar-refractivity contribution in [2.75, 3.05) is 40.0 Å². The van der Waals surface area contributed by atoms with Crippen molar-refractivity contribution in [2.45, 2.75) is 18.9 Å². The van der Waals surface area contributed by atoms with Gasteiger partial charge >= 0.3 is 0 Å². The Balaban J connectivity index is 2.29. The van der Waals surface area contributed by atoms with E-state index in [-0.39, 0.29) is 18.6 Å². The van der Waals surface area contributed by atoms with Gasteiger partial charge in [-0.3, -0.25) is 4.79 Å². The lowest BCUT2D eigenvalue weighted by Crippen LogP contribution is -2.47. The molecule has 1 aliphatic heterocycles. The highest BCUT2D eigenvalue weighted by Gasteiger charge is 2.24. The second-order valence-corrected chi connectivity index (χ2v) is 3.70. The first-order valence-corrected chi connectivity index (χ1v) is 5.36. The van der Waals surface area contributed by atoms with E-state index in [0.717, 1.165) is 19.4 Å². The fraction of sp³-hybridized carbons (Fsp3) is 0.900. The maximum Gasteiger partial charge on any atom is 0.248 e. The second kappa shape index (κ2) is 6.76. The molecule has 0 saturated carbocycles. The highest BCUT2D eigenvalue weighted by molar-refractivity contribution is 5.78. The van der Waals surface area contributed by atoms with Crippen LogP contribution >= 0.6 is 0 Å². The molecule has 2 N–H and O–H groups in total. The molecule has 0 aromatic carbocycles. The van der Waals surface area contributed by atoms with Crippen LogP contribution in [0.15, 0.2) is 0 Å². The number of nitrogens with zero attached hydrogens (tertiary/aromatic N) is 1. The molecule has 0 aromatic rings. The first kappa shape index (κ1) is 12.4. The standard InChI is InChI=1S/C10H20N2O3/c1-14-6-2-5-12-7-9(3-4-11)15-8-10(12)13/h9H,2-8,11H2,1H3. The normalized spacial score (nSPS) is 22.1. The summed E-state index contributed by atoms with van der Waals surface area (Å²) in [4.78, 5) is 13.3. The van der Waals surface area contributed by atoms with Crippen molar-refractivity contribution >= 4 is 5.91 Å². The van der Waals surface area contributed by atoms with Crippen LogP contribution < -0.4 is 5.73 Å². The van der Waals surface area contributed by atoms with Gasteiger partial charge < -0.3 is 20.1 Å². The van der Waals surface area contributed by atoms with Crippen LogP contribution in [0.2, 0.25) is 0 Å². The summed E-state index contributed by atoms with van der Waals surface area (Å²) in [6, 6.07) is 0. The van der Waals surface area contributed by atoms with Crippen LogP contribution in [0, 0.1) is 0 Å². The Kier molecular flexibility index (Phi) is 5.60. The summed E-state index contributed by atoms with van der Waals surface area (Å²) < 4.78 is 10.3. The molecule has 1 rings (SSSR count). The maximum atomic E-state index is 11.5. The van der Waals surface area contributed by atoms with Gasteiger partial charge in [-0.25, -0.2) is 0 Å². The van der Waals surface area contributed by atoms with Gasteiger partial charge in [-0.05, 0) is 19.4 Å². The number of amides is 1. The minimum atomic E-state index is 0.0689. The van der Waals surface area contributed by atoms with Crippen LogP contribution in [-0.4, -0.2) is 56.9 Å². The Hall–Kier alpha value is -0.650. The lowest BCUT2D eigenvalue weighted by molar-refractivity contribution is -0.149. The molecule has 1 amide bonds. The Morgan fingerprint density at radius 2 is 2.47 bits per heavy atom. The lowest BCUT2D eigenvalue weighted by Gasteiger charge is -2.32. The Morgan fingerprint density at radius 3 is 3.13 bits per heavy atom. The summed E-state index contributed by atoms with van der Waals surface area (Å²) in [6.07, 6.45) is 1.79. The van der Waals surface area contributed by atoms with Crippen LogP contribution in [0.4, 0.5) is 0 Å². The van der Waals surface area contributed by atoms with Gasteiger partial charge in [0.15, 0.2) is 0 Å². The van der Waals surface area contributed by atoms with Crippen molar-refractivity contribution in [3.05, 3.63) is 0 Å². The summed E-state index contributed by atoms with van der Waals surface area (Å²) >= 11 is 0. The predicted molar refractivity (Wildman–Crippen MR) is 56.5 cm³/mol. The van der Waals surface area contributed by atoms with E-state index < -0.39 is 0 Å². The van der Waals surface area contributed by atoms with Gasteiger partial charge in [0.05, 0.1) is 6.10 Å². The fourth-order valence-electron chi connectivity index (χ4n) is 1.66. The third-order valence-corrected chi connectivity index (χ3v) is 2.48. The van der Waals surface area contributed by atoms with Gasteiger partial charge in [-0.2, -0.15) is 0 Å². The molecule has 5 heteroatoms. The van der Waals surface area contributed by atoms with Crippen LogP contribution in [0.3, 0.4) is 0 Å². The van der Waals surface area contributed by atoms with E-state index in [1.807, 2.05) is 4.90 Å². The molecule has 1 unspecified atom stereocenters. The quantitative estimate of drug-likeness (QED) is 0.614. The van der Waals surface area contributed by atoms with E-state index in [1.54, 1.807) is 7.11 Å². The van der Waals surface area contributed by atoms with Gasteiger partial charge in [-0.1, -0.05) is 0 Å². The van der Waals surface area contributed by atoms with Crippen LogP contribution in [0.1, 0.15) is 12.8 Å². The molecule has 1 saturated heterocycles. The van der Waals surface area contributed by atoms with Crippen molar-refractivity contribution in [1.82, 2.24) is 4.90 Å². The summed E-state index contributed by atoms with van der Waals surface area (Å²) in [6.45, 7) is 2.89. The van der Waals surface area contributed by atoms with Crippen molar-refractivity contribution < 1.29 is 14.3 Å². The number of ether oxygens (including phenoxy) is 2. The summed E-state index contributed by atoms with van der Waals surface area (Å²) in [5, 5.41) is 0. The molecule has 0 aliphatic carbocycles. The summed E-state index contributed by atoms with van der Waals surface area (Å²) in [5.74, 6) is 0.0689. The minimum absolute atomic E-state index is 0.0689. The minimum Gasteiger partial charge on any atom is -0.385 e. The lowest BCUT2D eigenvalue weighted by atomic mass is 10.2. The summed E-state index contributed by atoms with van der Waals surface area (Å²) in [5.41, 5.74) is 5.46. The van der Waals surface area contributed by atoms with Crippen LogP contribution in [0.25, 0.3) is 0 Å². The smallest absolute Gasteiger partial charge is 0.248 e. The first-order valence-electron chi connectivity index (χ1n) is 5.36. The molecule has 5 nitrogen and oxygen atoms in total. The number of carbonyl (C=O) groups excluding carboxylic acids is 1. The van der Waals surface area contributed by atoms with Gasteiger partial charge in [0.1, 0.15) is 6.61 Å². The highest BCUT2D eigenvalue weighted by atomic mass is 16.5. The SMILES string of the molecule is COCCCN1CC(CCN)OCC1=O. The zero-order valence-corrected chi connectivity index (χ0v) is 9.28. The third-order valence-electron chi connectivity index (χ3n) is 2.48. The van der Waals surface area contributed by atoms with E-state index in [0.29, 0.717) is 19.7 Å². The van der Waals surface area contributed by atoms with Gasteiger partial charge in [0.2, 0.25) is 5.91 Å². The molecule has 1 aliphatic rings. The number of methoxy groups -OCH3 is 1. The van der Waals surface area contributed by atoms with E-state index in [1.165, 1.54) is 0 Å². The molecule has 0 aromatic heterocycles. The van der Waals surface area contributed by atoms with Crippen LogP contribution in [-0.2, 0) is 14.3 Å². The molecule has 0 bridgehead atoms. The number of carbonyl (C=O) groups is 1. The van der Waals surface area contributed by atoms with Gasteiger partial charge in [0.25, 0.3) is 0 Å². The molecular formula is C10H20N2O3. The van der Waals surface area contributed by atoms with E-state index >= 15 is 0 Å². The average molecular weight is 216 g/mol. The number of morpholine rings is 1. The fourth-order valence-corrected chi connectivity index (χ4v) is 1.66. The number of hydrogen-bond donors (Lipinski definition) is 1. The van der Waals surface area contributed by atoms with E-state index in [9.17, 15) is 4.79 Å². The van der Waals surface area contributed by atoms with E-state index in [4.69, 9.17) is 15.2 Å². The van der Waals surface area contributed by atoms with Gasteiger partial charge in [-0.15, -0.1) is 0 Å². The number of nitrogens with two attached hydrogens (primary N) is 1. The molecular weight excluding hydrogens is 196 g/mol. The Labute approximate surface area is 90.5 Å². The molecule has 88 valence electrons. The maximum absolute atomic E-state index is 11.5. The average Bonchev–Trinajstić information content (AvgIpc) is 2.23. The topological polar surface area (TPSA) is 64.8 Å². The third kappa shape index (κ3) is 4.15. The second-order valence-electron chi connectivity index (χ2n) is 3.70. The monoisotopic (exact) mass is 216 g/mol. The molecule has 0 radical (unpaired) electrons. The molecule has 1 fully saturated rings. The Bertz CT molecular complexity index is 199. The number of hydrogen-bond acceptors (Lipinski definition) is 4. The molecule has 15 heavy (non-hydrogen) atoms. The predicted octanol–water partition coefficient (Wildman–Crippen LogP) is -0.401. The van der Waals surface area contributed by atoms with Crippen molar-refractivity contribution in [2.24, 2.45) is 5.73 Å². The molecule has 1 atom stereocenters. The summed E-state index contributed by atoms with van der Waals surface area (Å²) in [7, 11) is 1.67. The molecule has 1 heterocycles. The molecule has 0 spiro atoms. The largest absolute Gasteiger partial charge is 0.385 e. The van der Waals surface area contributed by atoms with Crippen molar-refractivity contribution in [1.29, 1.82) is 0 Å². The van der Waals surface area contributed by atoms with Crippen molar-refractivity contribution in [3.63, 3.8) is 0 Å². The van der Waals surface area contributed by atoms with Crippen molar-refractivity contribution in [3.8, 4) is 0 Å². The zero-order valence-electron chi connectivity index (χ0n) is 9.28. The highest BCUT2D eigenvalue weighted by Crippen LogP contribution is 2.09. The van der Waals surface area contributed by atoms with Crippen LogP contribution in [0.5, 0.6) is 0 Å². The Morgan fingerprint density at radius 1 is 1.67 bits per heavy atom. The first-order chi connectivity index (χ1) is 7.27. The van der Waals surface area contributed by atoms with E-state index in [2.05, 4.69) is 0 Å². The van der Waals surface area contributed by atoms with Gasteiger partial charge in [0, 0.05) is 26.8 Å². The zero-order chi connectivity index (χ0) is 11.1. The number of rotatable bonds is 6.